The number of fused-ring (bicyclic) bond motifs is 1. The fourth-order valence-corrected chi connectivity index (χ4v) is 5.30. The fraction of sp³-hybridized carbons (Fsp3) is 0.345. The minimum atomic E-state index is -0.355. The van der Waals surface area contributed by atoms with Crippen LogP contribution in [0.5, 0.6) is 0 Å². The summed E-state index contributed by atoms with van der Waals surface area (Å²) in [5, 5.41) is 12.7. The maximum atomic E-state index is 13.1. The summed E-state index contributed by atoms with van der Waals surface area (Å²) in [7, 11) is 0. The maximum absolute atomic E-state index is 13.1. The zero-order valence-corrected chi connectivity index (χ0v) is 21.8. The Balaban J connectivity index is 1.16. The molecule has 0 aliphatic carbocycles. The van der Waals surface area contributed by atoms with E-state index in [1.165, 1.54) is 31.0 Å². The molecule has 0 bridgehead atoms. The van der Waals surface area contributed by atoms with E-state index >= 15 is 0 Å². The van der Waals surface area contributed by atoms with Crippen molar-refractivity contribution in [3.63, 3.8) is 0 Å². The molecule has 3 N–H and O–H groups in total. The highest BCUT2D eigenvalue weighted by Crippen LogP contribution is 2.27. The Labute approximate surface area is 226 Å². The summed E-state index contributed by atoms with van der Waals surface area (Å²) in [6.45, 7) is 4.86. The molecule has 2 aliphatic rings. The van der Waals surface area contributed by atoms with Gasteiger partial charge in [-0.25, -0.2) is 9.99 Å². The number of hydrogen-bond acceptors (Lipinski definition) is 7. The summed E-state index contributed by atoms with van der Waals surface area (Å²) in [5.41, 5.74) is 7.87. The van der Waals surface area contributed by atoms with E-state index in [2.05, 4.69) is 41.9 Å². The number of benzene rings is 1. The number of likely N-dealkylation sites (tertiary alicyclic amines) is 1. The molecule has 2 fully saturated rings. The van der Waals surface area contributed by atoms with E-state index in [0.717, 1.165) is 67.6 Å². The molecule has 2 amide bonds. The van der Waals surface area contributed by atoms with Crippen molar-refractivity contribution in [2.24, 2.45) is 0 Å². The van der Waals surface area contributed by atoms with Crippen LogP contribution >= 0.6 is 0 Å². The molecule has 0 spiro atoms. The van der Waals surface area contributed by atoms with Gasteiger partial charge in [0, 0.05) is 43.0 Å². The highest BCUT2D eigenvalue weighted by molar-refractivity contribution is 6.11. The van der Waals surface area contributed by atoms with Gasteiger partial charge in [-0.15, -0.1) is 0 Å². The number of carbonyl (C=O) groups is 2. The van der Waals surface area contributed by atoms with Gasteiger partial charge >= 0.3 is 0 Å². The van der Waals surface area contributed by atoms with Crippen molar-refractivity contribution in [3.8, 4) is 11.1 Å². The van der Waals surface area contributed by atoms with E-state index in [9.17, 15) is 9.59 Å². The molecule has 0 radical (unpaired) electrons. The third-order valence-corrected chi connectivity index (χ3v) is 7.38. The number of anilines is 1. The number of hydrazine groups is 1. The van der Waals surface area contributed by atoms with Crippen molar-refractivity contribution in [2.75, 3.05) is 31.5 Å². The van der Waals surface area contributed by atoms with Gasteiger partial charge in [0.05, 0.1) is 17.4 Å². The van der Waals surface area contributed by atoms with Gasteiger partial charge in [-0.05, 0) is 80.2 Å². The number of piperidine rings is 1. The van der Waals surface area contributed by atoms with Crippen LogP contribution in [0.1, 0.15) is 58.6 Å². The number of amides is 2. The number of nitrogens with one attached hydrogen (secondary N) is 3. The highest BCUT2D eigenvalue weighted by Gasteiger charge is 2.18. The molecule has 4 aromatic rings. The quantitative estimate of drug-likeness (QED) is 0.334. The number of hydrogen-bond donors (Lipinski definition) is 3. The number of aromatic amines is 1. The standard InChI is InChI=1S/C29H32N8O2/c38-28(35-37-12-4-5-13-37)26-9-7-23(18-31-26)32-29(39)27-24-15-21(6-8-25(24)33-34-27)22-14-20(16-30-17-22)19-36-10-2-1-3-11-36/h6-9,14-18H,1-5,10-13,19H2,(H,32,39)(H,33,34)(H,35,38). The number of pyridine rings is 2. The van der Waals surface area contributed by atoms with E-state index < -0.39 is 0 Å². The van der Waals surface area contributed by atoms with Crippen LogP contribution in [0.15, 0.2) is 55.0 Å². The number of carbonyl (C=O) groups excluding carboxylic acids is 2. The Morgan fingerprint density at radius 1 is 0.846 bits per heavy atom. The second-order valence-electron chi connectivity index (χ2n) is 10.3. The summed E-state index contributed by atoms with van der Waals surface area (Å²) in [5.74, 6) is -0.610. The Morgan fingerprint density at radius 3 is 2.46 bits per heavy atom. The Hall–Kier alpha value is -4.15. The second-order valence-corrected chi connectivity index (χ2v) is 10.3. The first-order valence-corrected chi connectivity index (χ1v) is 13.6. The summed E-state index contributed by atoms with van der Waals surface area (Å²) >= 11 is 0. The van der Waals surface area contributed by atoms with Gasteiger partial charge in [0.15, 0.2) is 5.69 Å². The predicted octanol–water partition coefficient (Wildman–Crippen LogP) is 4.00. The summed E-state index contributed by atoms with van der Waals surface area (Å²) in [4.78, 5) is 36.7. The van der Waals surface area contributed by atoms with Gasteiger partial charge in [0.25, 0.3) is 11.8 Å². The van der Waals surface area contributed by atoms with E-state index in [4.69, 9.17) is 0 Å². The van der Waals surface area contributed by atoms with Gasteiger partial charge in [0.2, 0.25) is 0 Å². The fourth-order valence-electron chi connectivity index (χ4n) is 5.30. The van der Waals surface area contributed by atoms with Crippen LogP contribution in [0.2, 0.25) is 0 Å². The van der Waals surface area contributed by atoms with Crippen LogP contribution < -0.4 is 10.7 Å². The Kier molecular flexibility index (Phi) is 7.29. The molecule has 39 heavy (non-hydrogen) atoms. The topological polar surface area (TPSA) is 119 Å². The molecule has 2 aliphatic heterocycles. The number of nitrogens with zero attached hydrogens (tertiary/aromatic N) is 5. The Bertz CT molecular complexity index is 1470. The third kappa shape index (κ3) is 5.81. The molecule has 2 saturated heterocycles. The van der Waals surface area contributed by atoms with Crippen LogP contribution in [-0.2, 0) is 6.54 Å². The van der Waals surface area contributed by atoms with Crippen LogP contribution in [-0.4, -0.2) is 68.1 Å². The second kappa shape index (κ2) is 11.3. The summed E-state index contributed by atoms with van der Waals surface area (Å²) in [6, 6.07) is 11.4. The van der Waals surface area contributed by atoms with Crippen molar-refractivity contribution in [2.45, 2.75) is 38.6 Å². The first kappa shape index (κ1) is 25.1. The van der Waals surface area contributed by atoms with Crippen LogP contribution in [0.4, 0.5) is 5.69 Å². The van der Waals surface area contributed by atoms with Gasteiger partial charge in [-0.3, -0.25) is 30.0 Å². The minimum Gasteiger partial charge on any atom is -0.319 e. The molecule has 10 heteroatoms. The first-order chi connectivity index (χ1) is 19.1. The molecular weight excluding hydrogens is 492 g/mol. The van der Waals surface area contributed by atoms with Crippen molar-refractivity contribution in [3.05, 3.63) is 71.9 Å². The molecule has 6 rings (SSSR count). The molecule has 0 atom stereocenters. The SMILES string of the molecule is O=C(NN1CCCC1)c1ccc(NC(=O)c2n[nH]c3ccc(-c4cncc(CN5CCCCC5)c4)cc23)cn1. The average Bonchev–Trinajstić information content (AvgIpc) is 3.64. The summed E-state index contributed by atoms with van der Waals surface area (Å²) in [6.07, 6.45) is 11.2. The van der Waals surface area contributed by atoms with E-state index in [1.807, 2.05) is 35.6 Å². The van der Waals surface area contributed by atoms with Crippen LogP contribution in [0.25, 0.3) is 22.0 Å². The van der Waals surface area contributed by atoms with Gasteiger partial charge in [-0.1, -0.05) is 12.5 Å². The van der Waals surface area contributed by atoms with Gasteiger partial charge in [-0.2, -0.15) is 5.10 Å². The lowest BCUT2D eigenvalue weighted by atomic mass is 10.0. The lowest BCUT2D eigenvalue weighted by molar-refractivity contribution is 0.0820. The number of H-pyrrole nitrogens is 1. The van der Waals surface area contributed by atoms with Crippen molar-refractivity contribution >= 4 is 28.4 Å². The van der Waals surface area contributed by atoms with Gasteiger partial charge in [0.1, 0.15) is 5.69 Å². The first-order valence-electron chi connectivity index (χ1n) is 13.6. The summed E-state index contributed by atoms with van der Waals surface area (Å²) < 4.78 is 0. The monoisotopic (exact) mass is 524 g/mol. The maximum Gasteiger partial charge on any atom is 0.284 e. The third-order valence-electron chi connectivity index (χ3n) is 7.38. The van der Waals surface area contributed by atoms with Crippen molar-refractivity contribution in [1.29, 1.82) is 0 Å². The van der Waals surface area contributed by atoms with E-state index in [-0.39, 0.29) is 11.8 Å². The smallest absolute Gasteiger partial charge is 0.284 e. The molecule has 5 heterocycles. The molecule has 10 nitrogen and oxygen atoms in total. The minimum absolute atomic E-state index is 0.255. The number of aromatic nitrogens is 4. The largest absolute Gasteiger partial charge is 0.319 e. The van der Waals surface area contributed by atoms with E-state index in [1.54, 1.807) is 12.1 Å². The van der Waals surface area contributed by atoms with E-state index in [0.29, 0.717) is 17.1 Å². The predicted molar refractivity (Wildman–Crippen MR) is 149 cm³/mol. The number of rotatable bonds is 7. The molecule has 0 saturated carbocycles. The zero-order chi connectivity index (χ0) is 26.6. The molecule has 3 aromatic heterocycles. The highest BCUT2D eigenvalue weighted by atomic mass is 16.2. The molecule has 200 valence electrons. The normalized spacial score (nSPS) is 16.4. The average molecular weight is 525 g/mol. The Morgan fingerprint density at radius 2 is 1.67 bits per heavy atom. The van der Waals surface area contributed by atoms with Crippen molar-refractivity contribution in [1.82, 2.24) is 35.5 Å². The lowest BCUT2D eigenvalue weighted by Crippen LogP contribution is -2.40. The molecule has 0 unspecified atom stereocenters. The lowest BCUT2D eigenvalue weighted by Gasteiger charge is -2.26. The van der Waals surface area contributed by atoms with Crippen LogP contribution in [0, 0.1) is 0 Å². The van der Waals surface area contributed by atoms with Crippen molar-refractivity contribution < 1.29 is 9.59 Å². The molecular formula is C29H32N8O2. The zero-order valence-electron chi connectivity index (χ0n) is 21.8. The molecule has 1 aromatic carbocycles. The van der Waals surface area contributed by atoms with Gasteiger partial charge < -0.3 is 5.32 Å². The van der Waals surface area contributed by atoms with Crippen LogP contribution in [0.3, 0.4) is 0 Å².